The van der Waals surface area contributed by atoms with Gasteiger partial charge in [-0.05, 0) is 32.4 Å². The molecule has 16 heavy (non-hydrogen) atoms. The standard InChI is InChI=1S/C11H13ClO3S/c1-6-4-8(16-9(6)12)7(13)5-11(2,3)10(14)15/h4H,5H2,1-3H3,(H,14,15). The Morgan fingerprint density at radius 1 is 1.50 bits per heavy atom. The van der Waals surface area contributed by atoms with Crippen LogP contribution in [0.3, 0.4) is 0 Å². The van der Waals surface area contributed by atoms with E-state index in [9.17, 15) is 9.59 Å². The molecule has 0 radical (unpaired) electrons. The predicted octanol–water partition coefficient (Wildman–Crippen LogP) is 3.39. The maximum absolute atomic E-state index is 11.8. The number of thiophene rings is 1. The molecule has 0 spiro atoms. The van der Waals surface area contributed by atoms with Crippen molar-refractivity contribution in [2.75, 3.05) is 0 Å². The molecule has 1 heterocycles. The van der Waals surface area contributed by atoms with E-state index >= 15 is 0 Å². The second-order valence-corrected chi connectivity index (χ2v) is 6.01. The summed E-state index contributed by atoms with van der Waals surface area (Å²) < 4.78 is 0.580. The number of halogens is 1. The van der Waals surface area contributed by atoms with Gasteiger partial charge in [-0.2, -0.15) is 0 Å². The number of carboxylic acids is 1. The molecule has 1 aromatic heterocycles. The molecule has 0 saturated heterocycles. The summed E-state index contributed by atoms with van der Waals surface area (Å²) in [4.78, 5) is 23.2. The van der Waals surface area contributed by atoms with E-state index in [2.05, 4.69) is 0 Å². The van der Waals surface area contributed by atoms with E-state index in [1.54, 1.807) is 6.07 Å². The van der Waals surface area contributed by atoms with Gasteiger partial charge in [0.25, 0.3) is 0 Å². The van der Waals surface area contributed by atoms with Gasteiger partial charge >= 0.3 is 5.97 Å². The third-order valence-electron chi connectivity index (χ3n) is 2.31. The Labute approximate surface area is 103 Å². The third-order valence-corrected chi connectivity index (χ3v) is 3.91. The van der Waals surface area contributed by atoms with E-state index in [4.69, 9.17) is 16.7 Å². The molecule has 0 fully saturated rings. The summed E-state index contributed by atoms with van der Waals surface area (Å²) in [5.41, 5.74) is -0.190. The number of Topliss-reactive ketones (excluding diaryl/α,β-unsaturated/α-hetero) is 1. The van der Waals surface area contributed by atoms with Crippen molar-refractivity contribution >= 4 is 34.7 Å². The number of aryl methyl sites for hydroxylation is 1. The molecule has 0 aliphatic rings. The minimum absolute atomic E-state index is 0.0153. The summed E-state index contributed by atoms with van der Waals surface area (Å²) in [6.45, 7) is 4.89. The number of carboxylic acid groups (broad SMARTS) is 1. The Morgan fingerprint density at radius 3 is 2.44 bits per heavy atom. The first-order chi connectivity index (χ1) is 7.24. The number of aliphatic carboxylic acids is 1. The molecule has 0 saturated carbocycles. The normalized spacial score (nSPS) is 11.5. The lowest BCUT2D eigenvalue weighted by Crippen LogP contribution is -2.26. The number of rotatable bonds is 4. The van der Waals surface area contributed by atoms with Crippen molar-refractivity contribution in [3.8, 4) is 0 Å². The fraction of sp³-hybridized carbons (Fsp3) is 0.455. The van der Waals surface area contributed by atoms with Gasteiger partial charge < -0.3 is 5.11 Å². The van der Waals surface area contributed by atoms with E-state index in [1.165, 1.54) is 25.2 Å². The third kappa shape index (κ3) is 2.83. The van der Waals surface area contributed by atoms with Crippen LogP contribution >= 0.6 is 22.9 Å². The van der Waals surface area contributed by atoms with Crippen LogP contribution in [0.5, 0.6) is 0 Å². The van der Waals surface area contributed by atoms with Gasteiger partial charge in [-0.1, -0.05) is 11.6 Å². The maximum Gasteiger partial charge on any atom is 0.309 e. The Balaban J connectivity index is 2.84. The minimum atomic E-state index is -1.04. The molecule has 3 nitrogen and oxygen atoms in total. The van der Waals surface area contributed by atoms with Gasteiger partial charge in [-0.15, -0.1) is 11.3 Å². The fourth-order valence-electron chi connectivity index (χ4n) is 1.16. The van der Waals surface area contributed by atoms with Gasteiger partial charge in [0.2, 0.25) is 0 Å². The van der Waals surface area contributed by atoms with Crippen molar-refractivity contribution in [1.82, 2.24) is 0 Å². The van der Waals surface area contributed by atoms with Gasteiger partial charge in [-0.3, -0.25) is 9.59 Å². The maximum atomic E-state index is 11.8. The molecule has 0 amide bonds. The Morgan fingerprint density at radius 2 is 2.06 bits per heavy atom. The highest BCUT2D eigenvalue weighted by Gasteiger charge is 2.31. The van der Waals surface area contributed by atoms with E-state index in [0.717, 1.165) is 5.56 Å². The lowest BCUT2D eigenvalue weighted by Gasteiger charge is -2.16. The summed E-state index contributed by atoms with van der Waals surface area (Å²) in [6.07, 6.45) is -0.0153. The van der Waals surface area contributed by atoms with Gasteiger partial charge in [0.05, 0.1) is 14.6 Å². The molecule has 1 rings (SSSR count). The van der Waals surface area contributed by atoms with Crippen LogP contribution in [0.25, 0.3) is 0 Å². The molecular weight excluding hydrogens is 248 g/mol. The second-order valence-electron chi connectivity index (χ2n) is 4.36. The average Bonchev–Trinajstić information content (AvgIpc) is 2.46. The van der Waals surface area contributed by atoms with Gasteiger partial charge in [-0.25, -0.2) is 0 Å². The summed E-state index contributed by atoms with van der Waals surface area (Å²) in [5, 5.41) is 8.92. The molecule has 0 aliphatic heterocycles. The van der Waals surface area contributed by atoms with Crippen LogP contribution in [-0.4, -0.2) is 16.9 Å². The monoisotopic (exact) mass is 260 g/mol. The number of carbonyl (C=O) groups excluding carboxylic acids is 1. The SMILES string of the molecule is Cc1cc(C(=O)CC(C)(C)C(=O)O)sc1Cl. The molecule has 1 aromatic rings. The quantitative estimate of drug-likeness (QED) is 0.845. The first-order valence-corrected chi connectivity index (χ1v) is 5.96. The summed E-state index contributed by atoms with van der Waals surface area (Å²) in [6, 6.07) is 1.70. The second kappa shape index (κ2) is 4.55. The number of carbonyl (C=O) groups is 2. The topological polar surface area (TPSA) is 54.4 Å². The molecule has 0 atom stereocenters. The number of ketones is 1. The summed E-state index contributed by atoms with van der Waals surface area (Å²) in [7, 11) is 0. The van der Waals surface area contributed by atoms with Crippen LogP contribution in [0, 0.1) is 12.3 Å². The fourth-order valence-corrected chi connectivity index (χ4v) is 2.30. The zero-order valence-corrected chi connectivity index (χ0v) is 10.9. The largest absolute Gasteiger partial charge is 0.481 e. The van der Waals surface area contributed by atoms with Crippen LogP contribution in [0.4, 0.5) is 0 Å². The zero-order chi connectivity index (χ0) is 12.5. The zero-order valence-electron chi connectivity index (χ0n) is 9.33. The minimum Gasteiger partial charge on any atom is -0.481 e. The highest BCUT2D eigenvalue weighted by Crippen LogP contribution is 2.30. The van der Waals surface area contributed by atoms with Gasteiger partial charge in [0.15, 0.2) is 5.78 Å². The highest BCUT2D eigenvalue weighted by atomic mass is 35.5. The van der Waals surface area contributed by atoms with Crippen molar-refractivity contribution < 1.29 is 14.7 Å². The highest BCUT2D eigenvalue weighted by molar-refractivity contribution is 7.18. The molecule has 1 N–H and O–H groups in total. The van der Waals surface area contributed by atoms with Crippen molar-refractivity contribution in [2.45, 2.75) is 27.2 Å². The smallest absolute Gasteiger partial charge is 0.309 e. The van der Waals surface area contributed by atoms with E-state index in [-0.39, 0.29) is 12.2 Å². The summed E-state index contributed by atoms with van der Waals surface area (Å²) in [5.74, 6) is -1.15. The molecule has 88 valence electrons. The molecule has 0 unspecified atom stereocenters. The van der Waals surface area contributed by atoms with E-state index in [0.29, 0.717) is 9.21 Å². The Hall–Kier alpha value is -0.870. The first-order valence-electron chi connectivity index (χ1n) is 4.76. The Kier molecular flexibility index (Phi) is 3.76. The summed E-state index contributed by atoms with van der Waals surface area (Å²) >= 11 is 7.06. The van der Waals surface area contributed by atoms with Crippen LogP contribution in [0.2, 0.25) is 4.34 Å². The van der Waals surface area contributed by atoms with Crippen LogP contribution in [-0.2, 0) is 4.79 Å². The number of hydrogen-bond acceptors (Lipinski definition) is 3. The van der Waals surface area contributed by atoms with Crippen LogP contribution < -0.4 is 0 Å². The van der Waals surface area contributed by atoms with Crippen molar-refractivity contribution in [3.05, 3.63) is 20.8 Å². The molecule has 0 aromatic carbocycles. The first kappa shape index (κ1) is 13.2. The van der Waals surface area contributed by atoms with Gasteiger partial charge in [0.1, 0.15) is 0 Å². The van der Waals surface area contributed by atoms with Gasteiger partial charge in [0, 0.05) is 6.42 Å². The molecule has 0 aliphatic carbocycles. The van der Waals surface area contributed by atoms with Crippen LogP contribution in [0.15, 0.2) is 6.07 Å². The van der Waals surface area contributed by atoms with E-state index in [1.807, 2.05) is 6.92 Å². The molecule has 0 bridgehead atoms. The van der Waals surface area contributed by atoms with Crippen molar-refractivity contribution in [1.29, 1.82) is 0 Å². The van der Waals surface area contributed by atoms with Crippen molar-refractivity contribution in [2.24, 2.45) is 5.41 Å². The van der Waals surface area contributed by atoms with Crippen LogP contribution in [0.1, 0.15) is 35.5 Å². The van der Waals surface area contributed by atoms with Crippen molar-refractivity contribution in [3.63, 3.8) is 0 Å². The molecular formula is C11H13ClO3S. The molecule has 5 heteroatoms. The Bertz CT molecular complexity index is 415. The average molecular weight is 261 g/mol. The number of hydrogen-bond donors (Lipinski definition) is 1. The lowest BCUT2D eigenvalue weighted by atomic mass is 9.87. The lowest BCUT2D eigenvalue weighted by molar-refractivity contribution is -0.146. The van der Waals surface area contributed by atoms with E-state index < -0.39 is 11.4 Å². The predicted molar refractivity (Wildman–Crippen MR) is 64.4 cm³/mol.